The molecule has 0 saturated carbocycles. The number of ketones is 1. The van der Waals surface area contributed by atoms with Crippen molar-refractivity contribution in [1.82, 2.24) is 10.3 Å². The number of esters is 1. The average molecular weight is 1250 g/mol. The van der Waals surface area contributed by atoms with Crippen LogP contribution in [0.5, 0.6) is 11.5 Å². The van der Waals surface area contributed by atoms with Crippen LogP contribution in [0, 0.1) is 42.2 Å². The second-order valence-electron chi connectivity index (χ2n) is 23.4. The van der Waals surface area contributed by atoms with Crippen LogP contribution in [0.4, 0.5) is 31.5 Å². The number of aliphatic hydroxyl groups is 2. The predicted octanol–water partition coefficient (Wildman–Crippen LogP) is 9.58. The van der Waals surface area contributed by atoms with E-state index in [1.54, 1.807) is 76.2 Å². The Morgan fingerprint density at radius 3 is 2.29 bits per heavy atom. The first kappa shape index (κ1) is 61.7. The lowest BCUT2D eigenvalue weighted by molar-refractivity contribution is -0.160. The van der Waals surface area contributed by atoms with Crippen molar-refractivity contribution in [2.24, 2.45) is 23.7 Å². The molecule has 0 aliphatic carbocycles. The molecule has 1 fully saturated rings. The van der Waals surface area contributed by atoms with Crippen molar-refractivity contribution in [3.8, 4) is 11.5 Å². The molecule has 0 spiro atoms. The highest BCUT2D eigenvalue weighted by atomic mass is 19.1. The van der Waals surface area contributed by atoms with Crippen LogP contribution in [0.15, 0.2) is 136 Å². The van der Waals surface area contributed by atoms with Crippen molar-refractivity contribution < 1.29 is 74.2 Å². The molecule has 10 atom stereocenters. The Kier molecular flexibility index (Phi) is 18.0. The summed E-state index contributed by atoms with van der Waals surface area (Å²) in [6.07, 6.45) is 0.625. The maximum absolute atomic E-state index is 15.2. The number of anilines is 4. The molecule has 6 aromatic carbocycles. The van der Waals surface area contributed by atoms with Crippen LogP contribution in [0.2, 0.25) is 0 Å². The number of Topliss-reactive ketones (excluding diaryl/α,β-unsaturated/α-hetero) is 1. The van der Waals surface area contributed by atoms with E-state index in [4.69, 9.17) is 31.1 Å². The summed E-state index contributed by atoms with van der Waals surface area (Å²) in [5, 5.41) is 42.9. The SMILES string of the molecule is [2H]C([2H])(c1ccccc1)[C@@H](NC(=O)c1ccccc1F)C(=O)Nc1cc(F)ccc1N1CCN(c2ccc3nc4c(oc3c2)c2c(O)c3c(=O)c(C)c5c(c34)C(=O)[C@@](C)(O/C=C/[C@H](OC)[C@@H](C)[C@@H](OC(C)=O)[C@H](C)[C@H](O)[C@H](C)[C@@H](O)[C@@H](C)C=CC=C(C)C(=O)N2)O5)CC1. The number of allylic oxidation sites excluding steroid dienone is 2. The van der Waals surface area contributed by atoms with Gasteiger partial charge >= 0.3 is 11.8 Å². The Labute approximate surface area is 525 Å². The smallest absolute Gasteiger partial charge is 0.312 e. The quantitative estimate of drug-likeness (QED) is 0.0322. The zero-order valence-corrected chi connectivity index (χ0v) is 51.5. The highest BCUT2D eigenvalue weighted by Gasteiger charge is 2.50. The molecule has 1 aromatic heterocycles. The number of rotatable bonds is 10. The molecule has 10 rings (SSSR count). The van der Waals surface area contributed by atoms with Gasteiger partial charge in [0.1, 0.15) is 46.3 Å². The number of aromatic nitrogens is 1. The molecule has 4 heterocycles. The normalized spacial score (nSPS) is 24.4. The van der Waals surface area contributed by atoms with Gasteiger partial charge in [0, 0.05) is 108 Å². The molecule has 0 unspecified atom stereocenters. The standard InChI is InChI=1S/C69H72F2N6O14/c1-35-16-15-17-36(2)66(84)75-57-61(82)54-53(55-63(40(6)60(54)81)91-69(8,65(55)83)88-31-26-51(87-9)37(3)62(89-41(7)78)39(5)59(80)38(4)58(35)79)56-64(57)90-52-34-44(23-24-47(52)72-56)76-27-29-77(30-28-76)50-25-22-43(70)33-48(50)73-68(86)49(32-42-18-11-10-12-19-42)74-67(85)45-20-13-14-21-46(45)71/h10-26,31,33-35,37-39,49,51,58-59,62,79-80,82H,27-30,32H2,1-9H3,(H,73,86)(H,74,85)(H,75,84)/b16-15?,31-26+,36-17?/t35-,37+,38+,39+,49+,51-,58-,59+,62+,69-/m0/s1/i32D2. The van der Waals surface area contributed by atoms with E-state index in [1.807, 2.05) is 9.80 Å². The Morgan fingerprint density at radius 1 is 0.879 bits per heavy atom. The molecular formula is C69H72F2N6O14. The first-order chi connectivity index (χ1) is 44.1. The number of phenols is 1. The van der Waals surface area contributed by atoms with Crippen LogP contribution in [-0.2, 0) is 35.0 Å². The largest absolute Gasteiger partial charge is 0.505 e. The number of aliphatic hydroxyl groups excluding tert-OH is 2. The number of ether oxygens (including phenoxy) is 4. The Hall–Kier alpha value is -9.51. The number of aromatic hydroxyl groups is 1. The molecular weight excluding hydrogens is 1170 g/mol. The third-order valence-electron chi connectivity index (χ3n) is 17.3. The molecule has 3 aliphatic rings. The van der Waals surface area contributed by atoms with Crippen LogP contribution in [0.1, 0.15) is 83.1 Å². The van der Waals surface area contributed by atoms with Crippen molar-refractivity contribution in [2.45, 2.75) is 98.0 Å². The summed E-state index contributed by atoms with van der Waals surface area (Å²) in [6, 6.07) is 19.6. The van der Waals surface area contributed by atoms with Crippen molar-refractivity contribution >= 4 is 85.2 Å². The number of hydrogen-bond acceptors (Lipinski definition) is 17. The number of hydrogen-bond donors (Lipinski definition) is 6. The molecule has 0 radical (unpaired) electrons. The third kappa shape index (κ3) is 13.0. The molecule has 6 N–H and O–H groups in total. The number of fused-ring (bicyclic) bond motifs is 5. The predicted molar refractivity (Wildman–Crippen MR) is 339 cm³/mol. The third-order valence-corrected chi connectivity index (χ3v) is 17.3. The topological polar surface area (TPSA) is 269 Å². The van der Waals surface area contributed by atoms with Crippen LogP contribution in [-0.4, -0.2) is 119 Å². The van der Waals surface area contributed by atoms with E-state index in [2.05, 4.69) is 16.0 Å². The average Bonchev–Trinajstić information content (AvgIpc) is 1.65. The molecule has 5 bridgehead atoms. The number of benzene rings is 6. The van der Waals surface area contributed by atoms with E-state index in [0.717, 1.165) is 12.1 Å². The van der Waals surface area contributed by atoms with Gasteiger partial charge in [-0.3, -0.25) is 28.8 Å². The zero-order chi connectivity index (χ0) is 67.1. The first-order valence-electron chi connectivity index (χ1n) is 30.8. The summed E-state index contributed by atoms with van der Waals surface area (Å²) in [5.74, 6) is -11.6. The molecule has 20 nitrogen and oxygen atoms in total. The van der Waals surface area contributed by atoms with E-state index in [-0.39, 0.29) is 85.4 Å². The van der Waals surface area contributed by atoms with Gasteiger partial charge in [0.2, 0.25) is 5.91 Å². The van der Waals surface area contributed by atoms with E-state index >= 15 is 9.18 Å². The second kappa shape index (κ2) is 26.5. The summed E-state index contributed by atoms with van der Waals surface area (Å²) in [4.78, 5) is 93.3. The monoisotopic (exact) mass is 1250 g/mol. The van der Waals surface area contributed by atoms with Gasteiger partial charge in [-0.25, -0.2) is 13.8 Å². The number of halogens is 2. The maximum atomic E-state index is 15.2. The summed E-state index contributed by atoms with van der Waals surface area (Å²) < 4.78 is 79.0. The van der Waals surface area contributed by atoms with E-state index < -0.39 is 124 Å². The number of nitrogens with zero attached hydrogens (tertiary/aromatic N) is 3. The van der Waals surface area contributed by atoms with Gasteiger partial charge in [0.25, 0.3) is 17.6 Å². The van der Waals surface area contributed by atoms with Crippen LogP contribution < -0.4 is 35.9 Å². The van der Waals surface area contributed by atoms with Crippen molar-refractivity contribution in [3.63, 3.8) is 0 Å². The van der Waals surface area contributed by atoms with Gasteiger partial charge in [0.15, 0.2) is 22.3 Å². The molecule has 7 aromatic rings. The number of phenolic OH excluding ortho intramolecular Hbond substituents is 1. The van der Waals surface area contributed by atoms with Crippen molar-refractivity contribution in [3.05, 3.63) is 171 Å². The molecule has 3 amide bonds. The fourth-order valence-corrected chi connectivity index (χ4v) is 12.0. The number of piperazine rings is 1. The number of nitrogens with one attached hydrogen (secondary N) is 3. The van der Waals surface area contributed by atoms with E-state index in [0.29, 0.717) is 24.5 Å². The molecule has 22 heteroatoms. The first-order valence-corrected chi connectivity index (χ1v) is 29.8. The van der Waals surface area contributed by atoms with Gasteiger partial charge in [-0.2, -0.15) is 0 Å². The summed E-state index contributed by atoms with van der Waals surface area (Å²) >= 11 is 0. The van der Waals surface area contributed by atoms with E-state index in [9.17, 15) is 43.7 Å². The Balaban J connectivity index is 1.000. The Bertz CT molecular complexity index is 4270. The summed E-state index contributed by atoms with van der Waals surface area (Å²) in [6.45, 7) is 13.6. The minimum atomic E-state index is -2.56. The number of methoxy groups -OCH3 is 1. The number of carbonyl (C=O) groups is 5. The summed E-state index contributed by atoms with van der Waals surface area (Å²) in [5.41, 5.74) is -0.645. The lowest BCUT2D eigenvalue weighted by Crippen LogP contribution is -2.47. The number of carbonyl (C=O) groups excluding carboxylic acids is 5. The van der Waals surface area contributed by atoms with Gasteiger partial charge in [0.05, 0.1) is 52.5 Å². The van der Waals surface area contributed by atoms with Gasteiger partial charge in [-0.05, 0) is 68.0 Å². The van der Waals surface area contributed by atoms with E-state index in [1.165, 1.54) is 95.7 Å². The maximum Gasteiger partial charge on any atom is 0.312 e. The number of amides is 3. The van der Waals surface area contributed by atoms with Crippen LogP contribution in [0.3, 0.4) is 0 Å². The van der Waals surface area contributed by atoms with Gasteiger partial charge in [-0.15, -0.1) is 0 Å². The second-order valence-corrected chi connectivity index (χ2v) is 23.4. The van der Waals surface area contributed by atoms with Crippen molar-refractivity contribution in [2.75, 3.05) is 53.7 Å². The zero-order valence-electron chi connectivity index (χ0n) is 53.5. The Morgan fingerprint density at radius 2 is 1.58 bits per heavy atom. The lowest BCUT2D eigenvalue weighted by atomic mass is 9.78. The van der Waals surface area contributed by atoms with Crippen LogP contribution >= 0.6 is 0 Å². The van der Waals surface area contributed by atoms with Gasteiger partial charge < -0.3 is 64.4 Å². The minimum absolute atomic E-state index is 0.0264. The molecule has 1 saturated heterocycles. The van der Waals surface area contributed by atoms with Crippen LogP contribution in [0.25, 0.3) is 33.0 Å². The fourth-order valence-electron chi connectivity index (χ4n) is 12.0. The highest BCUT2D eigenvalue weighted by molar-refractivity contribution is 6.26. The molecule has 3 aliphatic heterocycles. The van der Waals surface area contributed by atoms with Crippen molar-refractivity contribution in [1.29, 1.82) is 0 Å². The highest BCUT2D eigenvalue weighted by Crippen LogP contribution is 2.49. The molecule has 91 heavy (non-hydrogen) atoms. The minimum Gasteiger partial charge on any atom is -0.505 e. The summed E-state index contributed by atoms with van der Waals surface area (Å²) in [7, 11) is 1.42. The lowest BCUT2D eigenvalue weighted by Gasteiger charge is -2.38. The molecule has 476 valence electrons. The fraction of sp³-hybridized carbons (Fsp3) is 0.348. The van der Waals surface area contributed by atoms with Gasteiger partial charge in [-0.1, -0.05) is 88.4 Å².